The number of terminal acetylenes is 1. The molecule has 1 fully saturated rings. The highest BCUT2D eigenvalue weighted by Crippen LogP contribution is 2.12. The van der Waals surface area contributed by atoms with Crippen LogP contribution in [0.15, 0.2) is 0 Å². The zero-order chi connectivity index (χ0) is 11.8. The molecule has 1 heterocycles. The number of rotatable bonds is 5. The quantitative estimate of drug-likeness (QED) is 0.718. The van der Waals surface area contributed by atoms with Gasteiger partial charge in [-0.3, -0.25) is 0 Å². The van der Waals surface area contributed by atoms with E-state index < -0.39 is 0 Å². The van der Waals surface area contributed by atoms with Crippen LogP contribution in [-0.4, -0.2) is 36.6 Å². The lowest BCUT2D eigenvalue weighted by Crippen LogP contribution is -2.38. The SMILES string of the molecule is C#CCC(CC)NC1CCCN(CC)CC1. The molecule has 0 radical (unpaired) electrons. The van der Waals surface area contributed by atoms with E-state index in [2.05, 4.69) is 30.0 Å². The molecule has 0 aliphatic carbocycles. The van der Waals surface area contributed by atoms with E-state index in [0.29, 0.717) is 12.1 Å². The van der Waals surface area contributed by atoms with E-state index in [0.717, 1.165) is 12.8 Å². The Morgan fingerprint density at radius 2 is 2.19 bits per heavy atom. The third-order valence-electron chi connectivity index (χ3n) is 3.60. The topological polar surface area (TPSA) is 15.3 Å². The standard InChI is InChI=1S/C14H26N2/c1-4-8-13(5-2)15-14-9-7-11-16(6-3)12-10-14/h1,13-15H,5-12H2,2-3H3. The van der Waals surface area contributed by atoms with Gasteiger partial charge in [0.25, 0.3) is 0 Å². The van der Waals surface area contributed by atoms with Crippen molar-refractivity contribution in [2.45, 2.75) is 58.0 Å². The highest BCUT2D eigenvalue weighted by molar-refractivity contribution is 4.90. The minimum atomic E-state index is 0.517. The second kappa shape index (κ2) is 7.70. The maximum absolute atomic E-state index is 5.39. The Kier molecular flexibility index (Phi) is 6.52. The summed E-state index contributed by atoms with van der Waals surface area (Å²) >= 11 is 0. The number of likely N-dealkylation sites (tertiary alicyclic amines) is 1. The van der Waals surface area contributed by atoms with E-state index >= 15 is 0 Å². The summed E-state index contributed by atoms with van der Waals surface area (Å²) in [5, 5.41) is 3.72. The highest BCUT2D eigenvalue weighted by atomic mass is 15.1. The fraction of sp³-hybridized carbons (Fsp3) is 0.857. The summed E-state index contributed by atoms with van der Waals surface area (Å²) in [6.45, 7) is 8.15. The molecule has 0 saturated carbocycles. The number of nitrogens with one attached hydrogen (secondary N) is 1. The van der Waals surface area contributed by atoms with Crippen molar-refractivity contribution in [2.24, 2.45) is 0 Å². The monoisotopic (exact) mass is 222 g/mol. The Balaban J connectivity index is 2.34. The molecule has 2 atom stereocenters. The van der Waals surface area contributed by atoms with Crippen molar-refractivity contribution in [1.29, 1.82) is 0 Å². The smallest absolute Gasteiger partial charge is 0.0240 e. The Labute approximate surface area is 101 Å². The Morgan fingerprint density at radius 3 is 2.81 bits per heavy atom. The van der Waals surface area contributed by atoms with Crippen molar-refractivity contribution in [3.8, 4) is 12.3 Å². The van der Waals surface area contributed by atoms with Crippen LogP contribution in [0.3, 0.4) is 0 Å². The fourth-order valence-electron chi connectivity index (χ4n) is 2.44. The Morgan fingerprint density at radius 1 is 1.38 bits per heavy atom. The maximum atomic E-state index is 5.39. The summed E-state index contributed by atoms with van der Waals surface area (Å²) in [6.07, 6.45) is 11.3. The molecule has 2 unspecified atom stereocenters. The lowest BCUT2D eigenvalue weighted by molar-refractivity contribution is 0.295. The first kappa shape index (κ1) is 13.5. The third kappa shape index (κ3) is 4.55. The molecule has 0 spiro atoms. The van der Waals surface area contributed by atoms with Crippen molar-refractivity contribution >= 4 is 0 Å². The normalized spacial score (nSPS) is 24.7. The second-order valence-corrected chi connectivity index (χ2v) is 4.74. The minimum Gasteiger partial charge on any atom is -0.310 e. The van der Waals surface area contributed by atoms with Crippen molar-refractivity contribution in [3.63, 3.8) is 0 Å². The molecule has 1 saturated heterocycles. The van der Waals surface area contributed by atoms with Crippen LogP contribution >= 0.6 is 0 Å². The summed E-state index contributed by atoms with van der Waals surface area (Å²) in [5.41, 5.74) is 0. The van der Waals surface area contributed by atoms with E-state index in [1.54, 1.807) is 0 Å². The third-order valence-corrected chi connectivity index (χ3v) is 3.60. The van der Waals surface area contributed by atoms with Crippen LogP contribution in [0.2, 0.25) is 0 Å². The minimum absolute atomic E-state index is 0.517. The van der Waals surface area contributed by atoms with Gasteiger partial charge in [-0.2, -0.15) is 0 Å². The molecular weight excluding hydrogens is 196 g/mol. The number of hydrogen-bond acceptors (Lipinski definition) is 2. The van der Waals surface area contributed by atoms with Gasteiger partial charge in [0.05, 0.1) is 0 Å². The predicted octanol–water partition coefficient (Wildman–Crippen LogP) is 2.25. The number of nitrogens with zero attached hydrogens (tertiary/aromatic N) is 1. The lowest BCUT2D eigenvalue weighted by Gasteiger charge is -2.23. The molecule has 0 aromatic heterocycles. The number of hydrogen-bond donors (Lipinski definition) is 1. The van der Waals surface area contributed by atoms with E-state index in [4.69, 9.17) is 6.42 Å². The van der Waals surface area contributed by atoms with Gasteiger partial charge in [0.1, 0.15) is 0 Å². The van der Waals surface area contributed by atoms with E-state index in [-0.39, 0.29) is 0 Å². The average Bonchev–Trinajstić information content (AvgIpc) is 2.53. The Hall–Kier alpha value is -0.520. The van der Waals surface area contributed by atoms with Crippen LogP contribution in [0.5, 0.6) is 0 Å². The van der Waals surface area contributed by atoms with Crippen LogP contribution in [-0.2, 0) is 0 Å². The van der Waals surface area contributed by atoms with E-state index in [1.165, 1.54) is 38.9 Å². The zero-order valence-electron chi connectivity index (χ0n) is 10.8. The van der Waals surface area contributed by atoms with Gasteiger partial charge in [0.2, 0.25) is 0 Å². The molecule has 0 bridgehead atoms. The summed E-state index contributed by atoms with van der Waals surface area (Å²) in [4.78, 5) is 2.55. The summed E-state index contributed by atoms with van der Waals surface area (Å²) < 4.78 is 0. The summed E-state index contributed by atoms with van der Waals surface area (Å²) in [7, 11) is 0. The Bertz CT molecular complexity index is 219. The van der Waals surface area contributed by atoms with Crippen molar-refractivity contribution in [1.82, 2.24) is 10.2 Å². The largest absolute Gasteiger partial charge is 0.310 e. The van der Waals surface area contributed by atoms with Crippen LogP contribution in [0.4, 0.5) is 0 Å². The first-order valence-electron chi connectivity index (χ1n) is 6.72. The molecule has 0 amide bonds. The van der Waals surface area contributed by atoms with Gasteiger partial charge in [-0.15, -0.1) is 12.3 Å². The van der Waals surface area contributed by atoms with Crippen LogP contribution in [0.1, 0.15) is 46.0 Å². The molecule has 2 heteroatoms. The average molecular weight is 222 g/mol. The first-order valence-corrected chi connectivity index (χ1v) is 6.72. The lowest BCUT2D eigenvalue weighted by atomic mass is 10.1. The van der Waals surface area contributed by atoms with Gasteiger partial charge in [-0.25, -0.2) is 0 Å². The van der Waals surface area contributed by atoms with Crippen molar-refractivity contribution < 1.29 is 0 Å². The van der Waals surface area contributed by atoms with Crippen molar-refractivity contribution in [2.75, 3.05) is 19.6 Å². The molecule has 1 aliphatic rings. The summed E-state index contributed by atoms with van der Waals surface area (Å²) in [5.74, 6) is 2.77. The predicted molar refractivity (Wildman–Crippen MR) is 70.4 cm³/mol. The molecular formula is C14H26N2. The van der Waals surface area contributed by atoms with Gasteiger partial charge in [0.15, 0.2) is 0 Å². The van der Waals surface area contributed by atoms with Gasteiger partial charge < -0.3 is 10.2 Å². The molecule has 2 nitrogen and oxygen atoms in total. The second-order valence-electron chi connectivity index (χ2n) is 4.74. The van der Waals surface area contributed by atoms with Crippen LogP contribution < -0.4 is 5.32 Å². The van der Waals surface area contributed by atoms with Gasteiger partial charge in [-0.1, -0.05) is 13.8 Å². The van der Waals surface area contributed by atoms with Gasteiger partial charge >= 0.3 is 0 Å². The van der Waals surface area contributed by atoms with Crippen molar-refractivity contribution in [3.05, 3.63) is 0 Å². The molecule has 1 rings (SSSR count). The van der Waals surface area contributed by atoms with Gasteiger partial charge in [-0.05, 0) is 45.3 Å². The summed E-state index contributed by atoms with van der Waals surface area (Å²) in [6, 6.07) is 1.19. The van der Waals surface area contributed by atoms with Crippen LogP contribution in [0, 0.1) is 12.3 Å². The maximum Gasteiger partial charge on any atom is 0.0240 e. The molecule has 92 valence electrons. The van der Waals surface area contributed by atoms with E-state index in [1.807, 2.05) is 0 Å². The molecule has 0 aromatic rings. The zero-order valence-corrected chi connectivity index (χ0v) is 10.8. The van der Waals surface area contributed by atoms with Crippen LogP contribution in [0.25, 0.3) is 0 Å². The highest BCUT2D eigenvalue weighted by Gasteiger charge is 2.17. The molecule has 1 aliphatic heterocycles. The first-order chi connectivity index (χ1) is 7.80. The molecule has 1 N–H and O–H groups in total. The molecule has 16 heavy (non-hydrogen) atoms. The van der Waals surface area contributed by atoms with E-state index in [9.17, 15) is 0 Å². The molecule has 0 aromatic carbocycles. The van der Waals surface area contributed by atoms with Gasteiger partial charge in [0, 0.05) is 18.5 Å². The fourth-order valence-corrected chi connectivity index (χ4v) is 2.44.